The Kier molecular flexibility index (Phi) is 4.30. The summed E-state index contributed by atoms with van der Waals surface area (Å²) in [5.74, 6) is 1.35. The Morgan fingerprint density at radius 1 is 1.25 bits per heavy atom. The zero-order valence-corrected chi connectivity index (χ0v) is 17.4. The molecular weight excluding hydrogens is 390 g/mol. The predicted octanol–water partition coefficient (Wildman–Crippen LogP) is 4.11. The summed E-state index contributed by atoms with van der Waals surface area (Å²) in [7, 11) is 0. The van der Waals surface area contributed by atoms with Gasteiger partial charge in [0.25, 0.3) is 0 Å². The molecule has 8 heteroatoms. The van der Waals surface area contributed by atoms with Crippen molar-refractivity contribution in [3.05, 3.63) is 46.3 Å². The van der Waals surface area contributed by atoms with E-state index in [9.17, 15) is 0 Å². The van der Waals surface area contributed by atoms with Crippen LogP contribution in [0.1, 0.15) is 29.9 Å². The fourth-order valence-electron chi connectivity index (χ4n) is 3.64. The van der Waals surface area contributed by atoms with Gasteiger partial charge in [0.15, 0.2) is 10.8 Å². The summed E-state index contributed by atoms with van der Waals surface area (Å²) in [4.78, 5) is 6.81. The number of fused-ring (bicyclic) bond motifs is 5. The maximum absolute atomic E-state index is 6.30. The maximum atomic E-state index is 6.30. The Hall–Kier alpha value is -2.16. The molecule has 0 atom stereocenters. The SMILES string of the molecule is CC1(C)Cc2c(sc3nc(N)n4c(SCCc5ccccc5)nnc4c23)CO1. The van der Waals surface area contributed by atoms with E-state index in [0.717, 1.165) is 39.6 Å². The molecule has 0 aliphatic carbocycles. The molecule has 144 valence electrons. The molecule has 4 aromatic rings. The number of nitrogens with zero attached hydrogens (tertiary/aromatic N) is 4. The quantitative estimate of drug-likeness (QED) is 0.509. The fourth-order valence-corrected chi connectivity index (χ4v) is 5.67. The van der Waals surface area contributed by atoms with Crippen LogP contribution >= 0.6 is 23.1 Å². The summed E-state index contributed by atoms with van der Waals surface area (Å²) in [6.07, 6.45) is 1.81. The van der Waals surface area contributed by atoms with Crippen molar-refractivity contribution in [2.75, 3.05) is 11.5 Å². The minimum Gasteiger partial charge on any atom is -0.370 e. The average molecular weight is 412 g/mol. The van der Waals surface area contributed by atoms with Crippen LogP contribution < -0.4 is 5.73 Å². The van der Waals surface area contributed by atoms with Gasteiger partial charge in [-0.15, -0.1) is 21.5 Å². The highest BCUT2D eigenvalue weighted by Crippen LogP contribution is 2.40. The van der Waals surface area contributed by atoms with Gasteiger partial charge >= 0.3 is 0 Å². The van der Waals surface area contributed by atoms with Gasteiger partial charge in [-0.05, 0) is 31.4 Å². The Labute approximate surface area is 171 Å². The first-order chi connectivity index (χ1) is 13.5. The summed E-state index contributed by atoms with van der Waals surface area (Å²) < 4.78 is 7.86. The van der Waals surface area contributed by atoms with Crippen LogP contribution in [-0.2, 0) is 24.2 Å². The second-order valence-electron chi connectivity index (χ2n) is 7.60. The normalized spacial score (nSPS) is 15.9. The average Bonchev–Trinajstić information content (AvgIpc) is 3.23. The van der Waals surface area contributed by atoms with Crippen molar-refractivity contribution in [2.45, 2.75) is 44.1 Å². The zero-order chi connectivity index (χ0) is 19.3. The molecule has 0 amide bonds. The number of aromatic nitrogens is 4. The number of aryl methyl sites for hydroxylation is 1. The second kappa shape index (κ2) is 6.72. The lowest BCUT2D eigenvalue weighted by Gasteiger charge is -2.30. The van der Waals surface area contributed by atoms with E-state index in [2.05, 4.69) is 53.3 Å². The van der Waals surface area contributed by atoms with Gasteiger partial charge in [0.1, 0.15) is 4.83 Å². The Balaban J connectivity index is 1.52. The largest absolute Gasteiger partial charge is 0.370 e. The summed E-state index contributed by atoms with van der Waals surface area (Å²) in [5, 5.41) is 10.8. The van der Waals surface area contributed by atoms with Crippen molar-refractivity contribution < 1.29 is 4.74 Å². The summed E-state index contributed by atoms with van der Waals surface area (Å²) in [5.41, 5.74) is 9.50. The fraction of sp³-hybridized carbons (Fsp3) is 0.350. The number of anilines is 1. The van der Waals surface area contributed by atoms with Crippen LogP contribution in [0.5, 0.6) is 0 Å². The van der Waals surface area contributed by atoms with Gasteiger partial charge in [0, 0.05) is 17.1 Å². The molecular formula is C20H21N5OS2. The van der Waals surface area contributed by atoms with Crippen molar-refractivity contribution in [3.63, 3.8) is 0 Å². The molecule has 28 heavy (non-hydrogen) atoms. The lowest BCUT2D eigenvalue weighted by Crippen LogP contribution is -2.31. The number of hydrogen-bond donors (Lipinski definition) is 1. The second-order valence-corrected chi connectivity index (χ2v) is 9.75. The van der Waals surface area contributed by atoms with Gasteiger partial charge in [-0.2, -0.15) is 0 Å². The number of thiophene rings is 1. The Morgan fingerprint density at radius 3 is 2.89 bits per heavy atom. The van der Waals surface area contributed by atoms with Crippen molar-refractivity contribution in [3.8, 4) is 0 Å². The van der Waals surface area contributed by atoms with E-state index >= 15 is 0 Å². The van der Waals surface area contributed by atoms with Gasteiger partial charge < -0.3 is 10.5 Å². The molecule has 0 fully saturated rings. The highest BCUT2D eigenvalue weighted by atomic mass is 32.2. The summed E-state index contributed by atoms with van der Waals surface area (Å²) in [6, 6.07) is 10.5. The monoisotopic (exact) mass is 411 g/mol. The van der Waals surface area contributed by atoms with Crippen LogP contribution in [0, 0.1) is 0 Å². The number of hydrogen-bond acceptors (Lipinski definition) is 7. The molecule has 1 aliphatic rings. The third-order valence-corrected chi connectivity index (χ3v) is 7.07. The molecule has 0 saturated heterocycles. The van der Waals surface area contributed by atoms with E-state index in [1.165, 1.54) is 16.0 Å². The predicted molar refractivity (Wildman–Crippen MR) is 114 cm³/mol. The third-order valence-electron chi connectivity index (χ3n) is 5.04. The molecule has 0 unspecified atom stereocenters. The van der Waals surface area contributed by atoms with E-state index in [1.54, 1.807) is 23.1 Å². The van der Waals surface area contributed by atoms with Crippen LogP contribution in [0.25, 0.3) is 15.9 Å². The minimum absolute atomic E-state index is 0.188. The maximum Gasteiger partial charge on any atom is 0.209 e. The highest BCUT2D eigenvalue weighted by Gasteiger charge is 2.31. The van der Waals surface area contributed by atoms with E-state index in [1.807, 2.05) is 10.5 Å². The molecule has 0 bridgehead atoms. The first-order valence-corrected chi connectivity index (χ1v) is 11.1. The number of ether oxygens (including phenoxy) is 1. The standard InChI is InChI=1S/C20H21N5OS2/c1-20(2)10-13-14(11-26-20)28-17-15(13)16-23-24-19(25(16)18(21)22-17)27-9-8-12-6-4-3-5-7-12/h3-7H,8-11H2,1-2H3,(H2,21,22). The lowest BCUT2D eigenvalue weighted by molar-refractivity contribution is -0.0379. The zero-order valence-electron chi connectivity index (χ0n) is 15.8. The molecule has 6 nitrogen and oxygen atoms in total. The first kappa shape index (κ1) is 17.9. The van der Waals surface area contributed by atoms with Crippen molar-refractivity contribution in [1.29, 1.82) is 0 Å². The Morgan fingerprint density at radius 2 is 2.07 bits per heavy atom. The molecule has 0 spiro atoms. The molecule has 5 rings (SSSR count). The third kappa shape index (κ3) is 3.05. The lowest BCUT2D eigenvalue weighted by atomic mass is 9.94. The number of thioether (sulfide) groups is 1. The van der Waals surface area contributed by atoms with Gasteiger partial charge in [-0.1, -0.05) is 42.1 Å². The molecule has 1 aromatic carbocycles. The van der Waals surface area contributed by atoms with Crippen LogP contribution in [0.4, 0.5) is 5.95 Å². The van der Waals surface area contributed by atoms with Crippen molar-refractivity contribution in [1.82, 2.24) is 19.6 Å². The molecule has 4 heterocycles. The molecule has 3 aromatic heterocycles. The van der Waals surface area contributed by atoms with E-state index in [0.29, 0.717) is 12.6 Å². The topological polar surface area (TPSA) is 78.3 Å². The minimum atomic E-state index is -0.188. The van der Waals surface area contributed by atoms with Crippen LogP contribution in [0.15, 0.2) is 35.5 Å². The molecule has 0 saturated carbocycles. The first-order valence-electron chi connectivity index (χ1n) is 9.27. The summed E-state index contributed by atoms with van der Waals surface area (Å²) >= 11 is 3.31. The van der Waals surface area contributed by atoms with Crippen molar-refractivity contribution in [2.24, 2.45) is 0 Å². The van der Waals surface area contributed by atoms with E-state index in [4.69, 9.17) is 10.5 Å². The Bertz CT molecular complexity index is 1170. The van der Waals surface area contributed by atoms with Gasteiger partial charge in [-0.25, -0.2) is 9.38 Å². The van der Waals surface area contributed by atoms with Crippen LogP contribution in [0.3, 0.4) is 0 Å². The summed E-state index contributed by atoms with van der Waals surface area (Å²) in [6.45, 7) is 4.86. The number of nitrogen functional groups attached to an aromatic ring is 1. The molecule has 2 N–H and O–H groups in total. The van der Waals surface area contributed by atoms with E-state index in [-0.39, 0.29) is 5.60 Å². The van der Waals surface area contributed by atoms with Crippen LogP contribution in [-0.4, -0.2) is 30.9 Å². The molecule has 0 radical (unpaired) electrons. The van der Waals surface area contributed by atoms with Gasteiger partial charge in [0.05, 0.1) is 17.6 Å². The van der Waals surface area contributed by atoms with Crippen molar-refractivity contribution >= 4 is 44.9 Å². The smallest absolute Gasteiger partial charge is 0.209 e. The number of rotatable bonds is 4. The van der Waals surface area contributed by atoms with Crippen LogP contribution in [0.2, 0.25) is 0 Å². The number of nitrogens with two attached hydrogens (primary N) is 1. The number of benzene rings is 1. The van der Waals surface area contributed by atoms with Gasteiger partial charge in [-0.3, -0.25) is 0 Å². The van der Waals surface area contributed by atoms with E-state index < -0.39 is 0 Å². The highest BCUT2D eigenvalue weighted by molar-refractivity contribution is 7.99. The van der Waals surface area contributed by atoms with Gasteiger partial charge in [0.2, 0.25) is 5.95 Å². The molecule has 1 aliphatic heterocycles.